The van der Waals surface area contributed by atoms with Gasteiger partial charge in [-0.1, -0.05) is 19.9 Å². The highest BCUT2D eigenvalue weighted by Gasteiger charge is 2.20. The summed E-state index contributed by atoms with van der Waals surface area (Å²) in [4.78, 5) is 19.0. The van der Waals surface area contributed by atoms with E-state index in [0.717, 1.165) is 29.1 Å². The minimum Gasteiger partial charge on any atom is -0.342 e. The summed E-state index contributed by atoms with van der Waals surface area (Å²) in [5.74, 6) is 0.475. The Bertz CT molecular complexity index is 716. The molecule has 27 heavy (non-hydrogen) atoms. The molecule has 2 heterocycles. The average Bonchev–Trinajstić information content (AvgIpc) is 2.87. The Kier molecular flexibility index (Phi) is 10.7. The van der Waals surface area contributed by atoms with Gasteiger partial charge in [0.25, 0.3) is 5.91 Å². The molecule has 0 aliphatic carbocycles. The monoisotopic (exact) mass is 414 g/mol. The maximum atomic E-state index is 12.8. The van der Waals surface area contributed by atoms with E-state index in [-0.39, 0.29) is 36.8 Å². The molecular formula is C20H32Cl2N4O. The summed E-state index contributed by atoms with van der Waals surface area (Å²) < 4.78 is 2.14. The van der Waals surface area contributed by atoms with Crippen LogP contribution in [0.5, 0.6) is 0 Å². The molecule has 7 heteroatoms. The number of halogens is 2. The lowest BCUT2D eigenvalue weighted by atomic mass is 10.0. The van der Waals surface area contributed by atoms with E-state index in [9.17, 15) is 4.79 Å². The second kappa shape index (κ2) is 11.3. The van der Waals surface area contributed by atoms with Gasteiger partial charge in [0.1, 0.15) is 0 Å². The lowest BCUT2D eigenvalue weighted by Gasteiger charge is -2.21. The molecule has 2 aromatic rings. The van der Waals surface area contributed by atoms with Crippen molar-refractivity contribution in [2.24, 2.45) is 11.7 Å². The lowest BCUT2D eigenvalue weighted by Crippen LogP contribution is -2.34. The zero-order chi connectivity index (χ0) is 18.6. The van der Waals surface area contributed by atoms with Crippen LogP contribution in [0.3, 0.4) is 0 Å². The number of aromatic nitrogens is 2. The fourth-order valence-electron chi connectivity index (χ4n) is 2.90. The number of carbonyl (C=O) groups excluding carboxylic acids is 1. The Labute approximate surface area is 175 Å². The van der Waals surface area contributed by atoms with Crippen LogP contribution in [-0.4, -0.2) is 40.0 Å². The van der Waals surface area contributed by atoms with Crippen molar-refractivity contribution < 1.29 is 4.79 Å². The summed E-state index contributed by atoms with van der Waals surface area (Å²) in [6, 6.07) is 7.98. The van der Waals surface area contributed by atoms with Crippen molar-refractivity contribution in [3.05, 3.63) is 53.1 Å². The maximum Gasteiger partial charge on any atom is 0.255 e. The van der Waals surface area contributed by atoms with E-state index in [1.807, 2.05) is 45.2 Å². The molecule has 0 aliphatic rings. The predicted molar refractivity (Wildman–Crippen MR) is 116 cm³/mol. The van der Waals surface area contributed by atoms with Crippen molar-refractivity contribution >= 4 is 30.7 Å². The van der Waals surface area contributed by atoms with Gasteiger partial charge in [-0.3, -0.25) is 9.78 Å². The molecule has 0 spiro atoms. The minimum atomic E-state index is 0. The number of hydrogen-bond acceptors (Lipinski definition) is 3. The second-order valence-electron chi connectivity index (χ2n) is 7.12. The van der Waals surface area contributed by atoms with Gasteiger partial charge in [-0.15, -0.1) is 24.8 Å². The first-order valence-corrected chi connectivity index (χ1v) is 8.89. The third kappa shape index (κ3) is 6.52. The van der Waals surface area contributed by atoms with Gasteiger partial charge in [0, 0.05) is 37.2 Å². The van der Waals surface area contributed by atoms with E-state index >= 15 is 0 Å². The smallest absolute Gasteiger partial charge is 0.255 e. The van der Waals surface area contributed by atoms with E-state index in [1.165, 1.54) is 0 Å². The number of amides is 1. The van der Waals surface area contributed by atoms with Gasteiger partial charge in [0.15, 0.2) is 0 Å². The summed E-state index contributed by atoms with van der Waals surface area (Å²) >= 11 is 0. The van der Waals surface area contributed by atoms with Crippen molar-refractivity contribution in [1.82, 2.24) is 14.5 Å². The van der Waals surface area contributed by atoms with E-state index < -0.39 is 0 Å². The normalized spacial score (nSPS) is 11.5. The van der Waals surface area contributed by atoms with E-state index in [4.69, 9.17) is 5.73 Å². The van der Waals surface area contributed by atoms with E-state index in [2.05, 4.69) is 23.4 Å². The molecule has 2 rings (SSSR count). The molecule has 1 amide bonds. The van der Waals surface area contributed by atoms with Crippen LogP contribution < -0.4 is 5.73 Å². The van der Waals surface area contributed by atoms with Crippen LogP contribution in [0.15, 0.2) is 30.5 Å². The summed E-state index contributed by atoms with van der Waals surface area (Å²) in [5, 5.41) is 0. The Morgan fingerprint density at radius 3 is 2.48 bits per heavy atom. The average molecular weight is 415 g/mol. The summed E-state index contributed by atoms with van der Waals surface area (Å²) in [5.41, 5.74) is 9.89. The predicted octanol–water partition coefficient (Wildman–Crippen LogP) is 3.84. The summed E-state index contributed by atoms with van der Waals surface area (Å²) in [6.45, 7) is 9.59. The molecule has 0 saturated carbocycles. The Morgan fingerprint density at radius 1 is 1.26 bits per heavy atom. The molecule has 0 radical (unpaired) electrons. The van der Waals surface area contributed by atoms with E-state index in [1.54, 1.807) is 11.1 Å². The number of nitrogens with zero attached hydrogens (tertiary/aromatic N) is 3. The fourth-order valence-corrected chi connectivity index (χ4v) is 2.90. The third-order valence-electron chi connectivity index (χ3n) is 4.85. The molecule has 0 aliphatic heterocycles. The quantitative estimate of drug-likeness (QED) is 0.748. The zero-order valence-electron chi connectivity index (χ0n) is 16.8. The largest absolute Gasteiger partial charge is 0.342 e. The summed E-state index contributed by atoms with van der Waals surface area (Å²) in [7, 11) is 1.85. The van der Waals surface area contributed by atoms with Gasteiger partial charge < -0.3 is 15.2 Å². The molecular weight excluding hydrogens is 383 g/mol. The summed E-state index contributed by atoms with van der Waals surface area (Å²) in [6.07, 6.45) is 2.61. The molecule has 0 fully saturated rings. The highest BCUT2D eigenvalue weighted by Crippen LogP contribution is 2.18. The number of aryl methyl sites for hydroxylation is 1. The highest BCUT2D eigenvalue weighted by molar-refractivity contribution is 5.95. The van der Waals surface area contributed by atoms with Crippen molar-refractivity contribution in [3.8, 4) is 0 Å². The molecule has 0 saturated heterocycles. The van der Waals surface area contributed by atoms with Gasteiger partial charge in [0.05, 0.1) is 17.8 Å². The Balaban J connectivity index is 0.00000338. The maximum absolute atomic E-state index is 12.8. The molecule has 1 atom stereocenters. The molecule has 1 unspecified atom stereocenters. The third-order valence-corrected chi connectivity index (χ3v) is 4.85. The van der Waals surface area contributed by atoms with E-state index in [0.29, 0.717) is 19.0 Å². The SMILES string of the molecule is Cc1cc(C(=O)N(C)CCC(N)C(C)C)c(C)n1Cc1ccccn1.Cl.Cl. The molecule has 2 N–H and O–H groups in total. The molecule has 0 aromatic carbocycles. The number of nitrogens with two attached hydrogens (primary N) is 1. The number of hydrogen-bond donors (Lipinski definition) is 1. The van der Waals surface area contributed by atoms with Gasteiger partial charge in [-0.2, -0.15) is 0 Å². The van der Waals surface area contributed by atoms with Crippen LogP contribution >= 0.6 is 24.8 Å². The van der Waals surface area contributed by atoms with Crippen LogP contribution in [-0.2, 0) is 6.54 Å². The number of pyridine rings is 1. The van der Waals surface area contributed by atoms with Crippen LogP contribution in [0, 0.1) is 19.8 Å². The van der Waals surface area contributed by atoms with Crippen LogP contribution in [0.4, 0.5) is 0 Å². The number of carbonyl (C=O) groups is 1. The van der Waals surface area contributed by atoms with Crippen molar-refractivity contribution in [3.63, 3.8) is 0 Å². The first-order valence-electron chi connectivity index (χ1n) is 8.89. The fraction of sp³-hybridized carbons (Fsp3) is 0.500. The first-order chi connectivity index (χ1) is 11.8. The highest BCUT2D eigenvalue weighted by atomic mass is 35.5. The molecule has 5 nitrogen and oxygen atoms in total. The topological polar surface area (TPSA) is 64.2 Å². The van der Waals surface area contributed by atoms with Crippen LogP contribution in [0.1, 0.15) is 47.7 Å². The van der Waals surface area contributed by atoms with Crippen LogP contribution in [0.25, 0.3) is 0 Å². The number of rotatable bonds is 7. The lowest BCUT2D eigenvalue weighted by molar-refractivity contribution is 0.0788. The van der Waals surface area contributed by atoms with Crippen LogP contribution in [0.2, 0.25) is 0 Å². The standard InChI is InChI=1S/C20H30N4O.2ClH/c1-14(2)19(21)9-11-23(5)20(25)18-12-15(3)24(16(18)4)13-17-8-6-7-10-22-17;;/h6-8,10,12,14,19H,9,11,13,21H2,1-5H3;2*1H. The van der Waals surface area contributed by atoms with Gasteiger partial charge in [-0.25, -0.2) is 0 Å². The van der Waals surface area contributed by atoms with Crippen molar-refractivity contribution in [2.75, 3.05) is 13.6 Å². The Hall–Kier alpha value is -1.56. The first kappa shape index (κ1) is 25.4. The molecule has 2 aromatic heterocycles. The van der Waals surface area contributed by atoms with Gasteiger partial charge in [0.2, 0.25) is 0 Å². The van der Waals surface area contributed by atoms with Crippen molar-refractivity contribution in [2.45, 2.75) is 46.7 Å². The second-order valence-corrected chi connectivity index (χ2v) is 7.12. The van der Waals surface area contributed by atoms with Gasteiger partial charge >= 0.3 is 0 Å². The minimum absolute atomic E-state index is 0. The Morgan fingerprint density at radius 2 is 1.93 bits per heavy atom. The molecule has 152 valence electrons. The molecule has 0 bridgehead atoms. The zero-order valence-corrected chi connectivity index (χ0v) is 18.4. The van der Waals surface area contributed by atoms with Gasteiger partial charge in [-0.05, 0) is 44.4 Å². The van der Waals surface area contributed by atoms with Crippen molar-refractivity contribution in [1.29, 1.82) is 0 Å².